The Morgan fingerprint density at radius 3 is 2.38 bits per heavy atom. The van der Waals surface area contributed by atoms with E-state index in [9.17, 15) is 4.79 Å². The fourth-order valence-corrected chi connectivity index (χ4v) is 4.29. The molecule has 0 spiro atoms. The largest absolute Gasteiger partial charge is 0.493 e. The lowest BCUT2D eigenvalue weighted by molar-refractivity contribution is 0.0997. The Bertz CT molecular complexity index is 1180. The van der Waals surface area contributed by atoms with Crippen molar-refractivity contribution in [1.82, 2.24) is 4.57 Å². The van der Waals surface area contributed by atoms with Crippen molar-refractivity contribution in [3.63, 3.8) is 0 Å². The van der Waals surface area contributed by atoms with Gasteiger partial charge in [-0.25, -0.2) is 0 Å². The molecule has 0 bridgehead atoms. The van der Waals surface area contributed by atoms with Gasteiger partial charge >= 0.3 is 0 Å². The number of terminal acetylenes is 1. The summed E-state index contributed by atoms with van der Waals surface area (Å²) in [6.07, 6.45) is 5.50. The smallest absolute Gasteiger partial charge is 0.279 e. The maximum absolute atomic E-state index is 12.9. The maximum Gasteiger partial charge on any atom is 0.279 e. The quantitative estimate of drug-likeness (QED) is 0.540. The number of carbonyl (C=O) groups excluding carboxylic acids is 1. The van der Waals surface area contributed by atoms with Gasteiger partial charge in [0.05, 0.1) is 48.1 Å². The number of aromatic nitrogens is 1. The molecule has 1 heterocycles. The molecule has 0 atom stereocenters. The molecule has 6 nitrogen and oxygen atoms in total. The molecule has 3 aromatic rings. The molecule has 3 rings (SSSR count). The summed E-state index contributed by atoms with van der Waals surface area (Å²) in [5, 5.41) is 0.752. The SMILES string of the molecule is C#CCn1c(=NC(=O)c2cc(OC)c(OC)c(OC)c2)sc2ccc(Cl)c(Cl)c21. The van der Waals surface area contributed by atoms with E-state index in [-0.39, 0.29) is 12.1 Å². The molecule has 0 saturated heterocycles. The van der Waals surface area contributed by atoms with E-state index in [0.717, 1.165) is 4.70 Å². The van der Waals surface area contributed by atoms with E-state index in [1.165, 1.54) is 44.8 Å². The van der Waals surface area contributed by atoms with E-state index < -0.39 is 5.91 Å². The Labute approximate surface area is 181 Å². The van der Waals surface area contributed by atoms with Gasteiger partial charge in [0.1, 0.15) is 0 Å². The molecule has 0 aliphatic heterocycles. The van der Waals surface area contributed by atoms with Gasteiger partial charge in [-0.05, 0) is 24.3 Å². The van der Waals surface area contributed by atoms with Crippen molar-refractivity contribution in [2.24, 2.45) is 4.99 Å². The molecular weight excluding hydrogens is 435 g/mol. The van der Waals surface area contributed by atoms with Crippen LogP contribution in [-0.2, 0) is 6.54 Å². The predicted molar refractivity (Wildman–Crippen MR) is 115 cm³/mol. The van der Waals surface area contributed by atoms with E-state index in [1.807, 2.05) is 6.07 Å². The van der Waals surface area contributed by atoms with Gasteiger partial charge in [0.15, 0.2) is 16.3 Å². The fraction of sp³-hybridized carbons (Fsp3) is 0.200. The van der Waals surface area contributed by atoms with E-state index >= 15 is 0 Å². The highest BCUT2D eigenvalue weighted by Crippen LogP contribution is 2.38. The van der Waals surface area contributed by atoms with Gasteiger partial charge in [-0.1, -0.05) is 40.5 Å². The van der Waals surface area contributed by atoms with Gasteiger partial charge in [-0.2, -0.15) is 4.99 Å². The first-order chi connectivity index (χ1) is 13.9. The van der Waals surface area contributed by atoms with Crippen LogP contribution >= 0.6 is 34.5 Å². The second-order valence-electron chi connectivity index (χ2n) is 5.71. The number of rotatable bonds is 5. The summed E-state index contributed by atoms with van der Waals surface area (Å²) < 4.78 is 18.4. The Hall–Kier alpha value is -2.66. The molecule has 0 radical (unpaired) electrons. The first-order valence-corrected chi connectivity index (χ1v) is 9.82. The number of carbonyl (C=O) groups is 1. The Morgan fingerprint density at radius 2 is 1.83 bits per heavy atom. The van der Waals surface area contributed by atoms with Crippen LogP contribution in [0.15, 0.2) is 29.3 Å². The number of hydrogen-bond donors (Lipinski definition) is 0. The standard InChI is InChI=1S/C20H16Cl2N2O4S/c1-5-8-24-17-15(7-6-12(21)16(17)22)29-20(24)23-19(25)11-9-13(26-2)18(28-4)14(10-11)27-3/h1,6-7,9-10H,8H2,2-4H3. The average Bonchev–Trinajstić information content (AvgIpc) is 3.07. The Balaban J connectivity index is 2.20. The molecule has 1 amide bonds. The van der Waals surface area contributed by atoms with Gasteiger partial charge in [-0.3, -0.25) is 4.79 Å². The summed E-state index contributed by atoms with van der Waals surface area (Å²) in [7, 11) is 4.43. The van der Waals surface area contributed by atoms with Crippen LogP contribution < -0.4 is 19.0 Å². The first kappa shape index (κ1) is 21.1. The van der Waals surface area contributed by atoms with Gasteiger partial charge in [-0.15, -0.1) is 6.42 Å². The van der Waals surface area contributed by atoms with Gasteiger partial charge in [0.2, 0.25) is 5.75 Å². The average molecular weight is 451 g/mol. The van der Waals surface area contributed by atoms with E-state index in [2.05, 4.69) is 10.9 Å². The third kappa shape index (κ3) is 3.92. The first-order valence-electron chi connectivity index (χ1n) is 8.25. The number of thiazole rings is 1. The van der Waals surface area contributed by atoms with Crippen LogP contribution in [0.2, 0.25) is 10.0 Å². The lowest BCUT2D eigenvalue weighted by atomic mass is 10.1. The van der Waals surface area contributed by atoms with Crippen LogP contribution in [0, 0.1) is 12.3 Å². The number of nitrogens with zero attached hydrogens (tertiary/aromatic N) is 2. The van der Waals surface area contributed by atoms with Crippen molar-refractivity contribution < 1.29 is 19.0 Å². The zero-order valence-electron chi connectivity index (χ0n) is 15.8. The second-order valence-corrected chi connectivity index (χ2v) is 7.51. The summed E-state index contributed by atoms with van der Waals surface area (Å²) >= 11 is 13.8. The minimum atomic E-state index is -0.496. The highest BCUT2D eigenvalue weighted by Gasteiger charge is 2.18. The molecule has 1 aromatic heterocycles. The molecule has 0 fully saturated rings. The zero-order valence-corrected chi connectivity index (χ0v) is 18.1. The number of halogens is 2. The summed E-state index contributed by atoms with van der Waals surface area (Å²) in [4.78, 5) is 17.6. The summed E-state index contributed by atoms with van der Waals surface area (Å²) in [5.41, 5.74) is 0.909. The number of hydrogen-bond acceptors (Lipinski definition) is 5. The maximum atomic E-state index is 12.9. The second kappa shape index (κ2) is 8.78. The number of methoxy groups -OCH3 is 3. The molecule has 9 heteroatoms. The topological polar surface area (TPSA) is 62.1 Å². The van der Waals surface area contributed by atoms with Gasteiger partial charge < -0.3 is 18.8 Å². The van der Waals surface area contributed by atoms with Gasteiger partial charge in [0, 0.05) is 5.56 Å². The van der Waals surface area contributed by atoms with Crippen molar-refractivity contribution in [3.8, 4) is 29.6 Å². The van der Waals surface area contributed by atoms with Crippen molar-refractivity contribution in [1.29, 1.82) is 0 Å². The monoisotopic (exact) mass is 450 g/mol. The van der Waals surface area contributed by atoms with Crippen LogP contribution in [0.1, 0.15) is 10.4 Å². The predicted octanol–water partition coefficient (Wildman–Crippen LogP) is 4.41. The summed E-state index contributed by atoms with van der Waals surface area (Å²) in [6, 6.07) is 6.57. The summed E-state index contributed by atoms with van der Waals surface area (Å²) in [6.45, 7) is 0.182. The Kier molecular flexibility index (Phi) is 6.38. The lowest BCUT2D eigenvalue weighted by Crippen LogP contribution is -2.16. The van der Waals surface area contributed by atoms with Crippen molar-refractivity contribution in [2.75, 3.05) is 21.3 Å². The third-order valence-electron chi connectivity index (χ3n) is 4.09. The molecule has 2 aromatic carbocycles. The Morgan fingerprint density at radius 1 is 1.17 bits per heavy atom. The number of ether oxygens (including phenoxy) is 3. The van der Waals surface area contributed by atoms with Crippen molar-refractivity contribution in [3.05, 3.63) is 44.7 Å². The normalized spacial score (nSPS) is 11.4. The minimum Gasteiger partial charge on any atom is -0.493 e. The molecule has 0 aliphatic rings. The highest BCUT2D eigenvalue weighted by molar-refractivity contribution is 7.16. The molecule has 0 unspecified atom stereocenters. The number of fused-ring (bicyclic) bond motifs is 1. The number of benzene rings is 2. The fourth-order valence-electron chi connectivity index (χ4n) is 2.78. The molecule has 150 valence electrons. The van der Waals surface area contributed by atoms with Crippen molar-refractivity contribution >= 4 is 50.7 Å². The van der Waals surface area contributed by atoms with Crippen LogP contribution in [-0.4, -0.2) is 31.8 Å². The molecule has 29 heavy (non-hydrogen) atoms. The molecule has 0 aliphatic carbocycles. The molecule has 0 saturated carbocycles. The molecular formula is C20H16Cl2N2O4S. The van der Waals surface area contributed by atoms with E-state index in [0.29, 0.717) is 37.6 Å². The lowest BCUT2D eigenvalue weighted by Gasteiger charge is -2.12. The van der Waals surface area contributed by atoms with Crippen LogP contribution in [0.25, 0.3) is 10.2 Å². The number of amides is 1. The van der Waals surface area contributed by atoms with E-state index in [1.54, 1.807) is 10.6 Å². The summed E-state index contributed by atoms with van der Waals surface area (Å²) in [5.74, 6) is 3.15. The highest BCUT2D eigenvalue weighted by atomic mass is 35.5. The molecule has 0 N–H and O–H groups in total. The van der Waals surface area contributed by atoms with Crippen LogP contribution in [0.5, 0.6) is 17.2 Å². The van der Waals surface area contributed by atoms with Crippen LogP contribution in [0.4, 0.5) is 0 Å². The zero-order chi connectivity index (χ0) is 21.1. The van der Waals surface area contributed by atoms with Crippen LogP contribution in [0.3, 0.4) is 0 Å². The third-order valence-corrected chi connectivity index (χ3v) is 5.93. The van der Waals surface area contributed by atoms with Gasteiger partial charge in [0.25, 0.3) is 5.91 Å². The van der Waals surface area contributed by atoms with E-state index in [4.69, 9.17) is 43.8 Å². The minimum absolute atomic E-state index is 0.182. The van der Waals surface area contributed by atoms with Crippen molar-refractivity contribution in [2.45, 2.75) is 6.54 Å².